The molecule has 0 radical (unpaired) electrons. The van der Waals surface area contributed by atoms with Crippen LogP contribution in [-0.2, 0) is 0 Å². The van der Waals surface area contributed by atoms with Crippen molar-refractivity contribution in [1.82, 2.24) is 19.3 Å². The summed E-state index contributed by atoms with van der Waals surface area (Å²) in [5, 5.41) is 5.14. The fraction of sp³-hybridized carbons (Fsp3) is 0.0625. The second-order valence-corrected chi connectivity index (χ2v) is 5.60. The van der Waals surface area contributed by atoms with Crippen LogP contribution in [-0.4, -0.2) is 19.3 Å². The molecule has 24 heavy (non-hydrogen) atoms. The van der Waals surface area contributed by atoms with Gasteiger partial charge in [0.1, 0.15) is 0 Å². The van der Waals surface area contributed by atoms with E-state index >= 15 is 0 Å². The maximum absolute atomic E-state index is 13.0. The van der Waals surface area contributed by atoms with E-state index in [2.05, 4.69) is 10.1 Å². The molecule has 0 N–H and O–H groups in total. The van der Waals surface area contributed by atoms with Gasteiger partial charge >= 0.3 is 6.55 Å². The maximum atomic E-state index is 13.0. The van der Waals surface area contributed by atoms with Crippen LogP contribution in [0.2, 0.25) is 5.02 Å². The Morgan fingerprint density at radius 3 is 2.71 bits per heavy atom. The van der Waals surface area contributed by atoms with Crippen LogP contribution in [0.3, 0.4) is 0 Å². The van der Waals surface area contributed by atoms with Crippen LogP contribution in [0.15, 0.2) is 53.7 Å². The van der Waals surface area contributed by atoms with Crippen molar-refractivity contribution in [3.63, 3.8) is 0 Å². The minimum absolute atomic E-state index is 0.0334. The third-order valence-electron chi connectivity index (χ3n) is 3.73. The van der Waals surface area contributed by atoms with Crippen LogP contribution in [0.1, 0.15) is 6.55 Å². The third-order valence-corrected chi connectivity index (χ3v) is 3.97. The first-order valence-corrected chi connectivity index (χ1v) is 7.36. The molecule has 0 spiro atoms. The van der Waals surface area contributed by atoms with Gasteiger partial charge in [0.2, 0.25) is 0 Å². The van der Waals surface area contributed by atoms with E-state index in [-0.39, 0.29) is 5.52 Å². The van der Waals surface area contributed by atoms with E-state index in [1.54, 1.807) is 36.5 Å². The van der Waals surface area contributed by atoms with Crippen LogP contribution >= 0.6 is 11.6 Å². The van der Waals surface area contributed by atoms with Crippen LogP contribution in [0.25, 0.3) is 27.5 Å². The SMILES string of the molecule is O=c1c2nn(C(F)F)cc2c2ccc(Cl)cc2n1-c1cccnc1. The fourth-order valence-electron chi connectivity index (χ4n) is 2.72. The zero-order valence-electron chi connectivity index (χ0n) is 12.0. The highest BCUT2D eigenvalue weighted by Crippen LogP contribution is 2.27. The first-order chi connectivity index (χ1) is 11.6. The summed E-state index contributed by atoms with van der Waals surface area (Å²) >= 11 is 6.07. The molecule has 120 valence electrons. The molecule has 4 rings (SSSR count). The standard InChI is InChI=1S/C16H9ClF2N4O/c17-9-3-4-11-12-8-22(16(18)19)21-14(12)15(24)23(13(11)6-9)10-2-1-5-20-7-10/h1-8,16H. The number of fused-ring (bicyclic) bond motifs is 3. The van der Waals surface area contributed by atoms with Gasteiger partial charge in [0.15, 0.2) is 5.52 Å². The lowest BCUT2D eigenvalue weighted by molar-refractivity contribution is 0.0573. The monoisotopic (exact) mass is 346 g/mol. The first-order valence-electron chi connectivity index (χ1n) is 6.98. The maximum Gasteiger partial charge on any atom is 0.333 e. The lowest BCUT2D eigenvalue weighted by Crippen LogP contribution is -2.19. The number of nitrogens with zero attached hydrogens (tertiary/aromatic N) is 4. The van der Waals surface area contributed by atoms with Crippen molar-refractivity contribution >= 4 is 33.4 Å². The molecule has 0 atom stereocenters. The summed E-state index contributed by atoms with van der Waals surface area (Å²) in [5.74, 6) is 0. The molecule has 0 unspecified atom stereocenters. The molecule has 3 aromatic heterocycles. The number of hydrogen-bond acceptors (Lipinski definition) is 3. The number of aromatic nitrogens is 4. The van der Waals surface area contributed by atoms with Gasteiger partial charge < -0.3 is 0 Å². The Morgan fingerprint density at radius 2 is 2.00 bits per heavy atom. The molecule has 0 aliphatic heterocycles. The van der Waals surface area contributed by atoms with E-state index in [9.17, 15) is 13.6 Å². The Balaban J connectivity index is 2.22. The van der Waals surface area contributed by atoms with E-state index in [0.29, 0.717) is 31.7 Å². The highest BCUT2D eigenvalue weighted by molar-refractivity contribution is 6.31. The largest absolute Gasteiger partial charge is 0.333 e. The van der Waals surface area contributed by atoms with Crippen molar-refractivity contribution in [3.05, 3.63) is 64.3 Å². The van der Waals surface area contributed by atoms with Gasteiger partial charge in [-0.15, -0.1) is 0 Å². The average Bonchev–Trinajstić information content (AvgIpc) is 3.02. The third kappa shape index (κ3) is 2.16. The number of rotatable bonds is 2. The molecule has 3 heterocycles. The molecule has 0 saturated heterocycles. The van der Waals surface area contributed by atoms with Crippen molar-refractivity contribution in [2.75, 3.05) is 0 Å². The van der Waals surface area contributed by atoms with Gasteiger partial charge in [-0.3, -0.25) is 14.3 Å². The molecule has 1 aromatic carbocycles. The number of alkyl halides is 2. The smallest absolute Gasteiger partial charge is 0.273 e. The van der Waals surface area contributed by atoms with E-state index in [1.807, 2.05) is 0 Å². The van der Waals surface area contributed by atoms with Crippen LogP contribution in [0.5, 0.6) is 0 Å². The number of hydrogen-bond donors (Lipinski definition) is 0. The molecule has 0 fully saturated rings. The fourth-order valence-corrected chi connectivity index (χ4v) is 2.89. The molecule has 0 aliphatic rings. The van der Waals surface area contributed by atoms with Gasteiger partial charge in [-0.1, -0.05) is 17.7 Å². The Labute approximate surface area is 138 Å². The molecule has 8 heteroatoms. The molecule has 5 nitrogen and oxygen atoms in total. The van der Waals surface area contributed by atoms with Crippen molar-refractivity contribution in [2.24, 2.45) is 0 Å². The summed E-state index contributed by atoms with van der Waals surface area (Å²) in [5.41, 5.74) is 0.464. The van der Waals surface area contributed by atoms with Gasteiger partial charge in [-0.2, -0.15) is 13.9 Å². The Kier molecular flexibility index (Phi) is 3.31. The van der Waals surface area contributed by atoms with Gasteiger partial charge in [-0.05, 0) is 24.3 Å². The summed E-state index contributed by atoms with van der Waals surface area (Å²) in [6, 6.07) is 8.32. The highest BCUT2D eigenvalue weighted by Gasteiger charge is 2.18. The predicted molar refractivity (Wildman–Crippen MR) is 86.9 cm³/mol. The minimum Gasteiger partial charge on any atom is -0.273 e. The van der Waals surface area contributed by atoms with E-state index in [4.69, 9.17) is 11.6 Å². The van der Waals surface area contributed by atoms with Crippen molar-refractivity contribution < 1.29 is 8.78 Å². The molecule has 4 aromatic rings. The quantitative estimate of drug-likeness (QED) is 0.555. The van der Waals surface area contributed by atoms with Gasteiger partial charge in [0, 0.05) is 28.2 Å². The number of pyridine rings is 2. The summed E-state index contributed by atoms with van der Waals surface area (Å²) in [7, 11) is 0. The van der Waals surface area contributed by atoms with E-state index < -0.39 is 12.1 Å². The normalized spacial score (nSPS) is 11.7. The van der Waals surface area contributed by atoms with Crippen LogP contribution in [0, 0.1) is 0 Å². The summed E-state index contributed by atoms with van der Waals surface area (Å²) < 4.78 is 27.8. The lowest BCUT2D eigenvalue weighted by Gasteiger charge is -2.10. The molecule has 0 saturated carbocycles. The molecule has 0 amide bonds. The van der Waals surface area contributed by atoms with Crippen molar-refractivity contribution in [1.29, 1.82) is 0 Å². The Hall–Kier alpha value is -2.80. The second-order valence-electron chi connectivity index (χ2n) is 5.16. The first kappa shape index (κ1) is 14.8. The number of benzene rings is 1. The van der Waals surface area contributed by atoms with Crippen molar-refractivity contribution in [2.45, 2.75) is 6.55 Å². The summed E-state index contributed by atoms with van der Waals surface area (Å²) in [6.07, 6.45) is 4.26. The summed E-state index contributed by atoms with van der Waals surface area (Å²) in [6.45, 7) is -2.83. The molecular weight excluding hydrogens is 338 g/mol. The second kappa shape index (κ2) is 5.38. The Morgan fingerprint density at radius 1 is 1.17 bits per heavy atom. The highest BCUT2D eigenvalue weighted by atomic mass is 35.5. The topological polar surface area (TPSA) is 52.7 Å². The minimum atomic E-state index is -2.83. The van der Waals surface area contributed by atoms with Crippen LogP contribution in [0.4, 0.5) is 8.78 Å². The molecule has 0 aliphatic carbocycles. The molecular formula is C16H9ClF2N4O. The lowest BCUT2D eigenvalue weighted by atomic mass is 10.1. The summed E-state index contributed by atoms with van der Waals surface area (Å²) in [4.78, 5) is 16.9. The predicted octanol–water partition coefficient (Wildman–Crippen LogP) is 3.78. The van der Waals surface area contributed by atoms with Crippen LogP contribution < -0.4 is 5.56 Å². The van der Waals surface area contributed by atoms with E-state index in [1.165, 1.54) is 17.0 Å². The number of halogens is 3. The average molecular weight is 347 g/mol. The van der Waals surface area contributed by atoms with Gasteiger partial charge in [-0.25, -0.2) is 4.68 Å². The van der Waals surface area contributed by atoms with Crippen molar-refractivity contribution in [3.8, 4) is 5.69 Å². The van der Waals surface area contributed by atoms with Gasteiger partial charge in [0.05, 0.1) is 17.4 Å². The van der Waals surface area contributed by atoms with E-state index in [0.717, 1.165) is 0 Å². The van der Waals surface area contributed by atoms with Gasteiger partial charge in [0.25, 0.3) is 5.56 Å². The molecule has 0 bridgehead atoms. The zero-order valence-corrected chi connectivity index (χ0v) is 12.8. The zero-order chi connectivity index (χ0) is 16.8. The Bertz CT molecular complexity index is 1120.